The topological polar surface area (TPSA) is 82.7 Å². The number of ether oxygens (including phenoxy) is 1. The number of nitrogens with zero attached hydrogens (tertiary/aromatic N) is 2. The molecular weight excluding hydrogens is 318 g/mol. The van der Waals surface area contributed by atoms with Crippen molar-refractivity contribution >= 4 is 16.0 Å². The van der Waals surface area contributed by atoms with Gasteiger partial charge in [-0.3, -0.25) is 0 Å². The van der Waals surface area contributed by atoms with Gasteiger partial charge in [-0.2, -0.15) is 4.31 Å². The standard InChI is InChI=1S/C15H25N3O4S/c1-5-17-7-9-18(10-8-17)23(20,21)14-11(3)13(16-12(14)4)15(19)22-6-2/h16H,5-10H2,1-4H3. The van der Waals surface area contributed by atoms with E-state index < -0.39 is 16.0 Å². The minimum absolute atomic E-state index is 0.200. The summed E-state index contributed by atoms with van der Waals surface area (Å²) in [4.78, 5) is 17.2. The molecule has 0 aliphatic carbocycles. The van der Waals surface area contributed by atoms with Gasteiger partial charge in [0.1, 0.15) is 10.6 Å². The van der Waals surface area contributed by atoms with Gasteiger partial charge in [-0.25, -0.2) is 13.2 Å². The highest BCUT2D eigenvalue weighted by Crippen LogP contribution is 2.27. The van der Waals surface area contributed by atoms with Crippen LogP contribution in [0.2, 0.25) is 0 Å². The molecule has 1 aromatic heterocycles. The summed E-state index contributed by atoms with van der Waals surface area (Å²) in [6, 6.07) is 0. The SMILES string of the molecule is CCOC(=O)c1[nH]c(C)c(S(=O)(=O)N2CCN(CC)CC2)c1C. The number of H-pyrrole nitrogens is 1. The smallest absolute Gasteiger partial charge is 0.355 e. The molecule has 1 N–H and O–H groups in total. The van der Waals surface area contributed by atoms with Gasteiger partial charge in [0.15, 0.2) is 0 Å². The van der Waals surface area contributed by atoms with Crippen LogP contribution in [0.5, 0.6) is 0 Å². The van der Waals surface area contributed by atoms with E-state index in [1.165, 1.54) is 4.31 Å². The van der Waals surface area contributed by atoms with E-state index in [9.17, 15) is 13.2 Å². The maximum absolute atomic E-state index is 13.0. The monoisotopic (exact) mass is 343 g/mol. The molecule has 0 atom stereocenters. The fraction of sp³-hybridized carbons (Fsp3) is 0.667. The van der Waals surface area contributed by atoms with Gasteiger partial charge in [0.25, 0.3) is 0 Å². The summed E-state index contributed by atoms with van der Waals surface area (Å²) in [5.41, 5.74) is 1.12. The number of piperazine rings is 1. The van der Waals surface area contributed by atoms with Gasteiger partial charge in [-0.15, -0.1) is 0 Å². The molecule has 0 unspecified atom stereocenters. The number of likely N-dealkylation sites (N-methyl/N-ethyl adjacent to an activating group) is 1. The molecule has 1 aromatic rings. The second kappa shape index (κ2) is 7.02. The Morgan fingerprint density at radius 2 is 1.78 bits per heavy atom. The average Bonchev–Trinajstić information content (AvgIpc) is 2.83. The van der Waals surface area contributed by atoms with E-state index in [0.29, 0.717) is 24.3 Å². The first-order valence-electron chi connectivity index (χ1n) is 7.91. The first-order chi connectivity index (χ1) is 10.8. The van der Waals surface area contributed by atoms with Crippen molar-refractivity contribution in [1.82, 2.24) is 14.2 Å². The number of aryl methyl sites for hydroxylation is 1. The summed E-state index contributed by atoms with van der Waals surface area (Å²) in [6.07, 6.45) is 0. The first kappa shape index (κ1) is 18.0. The van der Waals surface area contributed by atoms with Crippen LogP contribution in [0, 0.1) is 13.8 Å². The minimum Gasteiger partial charge on any atom is -0.461 e. The lowest BCUT2D eigenvalue weighted by molar-refractivity contribution is 0.0519. The number of sulfonamides is 1. The van der Waals surface area contributed by atoms with Gasteiger partial charge >= 0.3 is 5.97 Å². The lowest BCUT2D eigenvalue weighted by Gasteiger charge is -2.33. The molecule has 1 saturated heterocycles. The van der Waals surface area contributed by atoms with Gasteiger partial charge in [-0.1, -0.05) is 6.92 Å². The molecule has 23 heavy (non-hydrogen) atoms. The summed E-state index contributed by atoms with van der Waals surface area (Å²) >= 11 is 0. The molecule has 0 saturated carbocycles. The largest absolute Gasteiger partial charge is 0.461 e. The maximum Gasteiger partial charge on any atom is 0.355 e. The van der Waals surface area contributed by atoms with Crippen molar-refractivity contribution < 1.29 is 17.9 Å². The molecular formula is C15H25N3O4S. The van der Waals surface area contributed by atoms with Crippen LogP contribution in [0.15, 0.2) is 4.90 Å². The Balaban J connectivity index is 2.32. The van der Waals surface area contributed by atoms with Crippen molar-refractivity contribution in [3.63, 3.8) is 0 Å². The van der Waals surface area contributed by atoms with Crippen LogP contribution in [0.4, 0.5) is 0 Å². The number of esters is 1. The fourth-order valence-corrected chi connectivity index (χ4v) is 4.77. The van der Waals surface area contributed by atoms with Gasteiger partial charge in [0.05, 0.1) is 6.61 Å². The zero-order valence-electron chi connectivity index (χ0n) is 14.2. The zero-order valence-corrected chi connectivity index (χ0v) is 15.0. The molecule has 0 aromatic carbocycles. The summed E-state index contributed by atoms with van der Waals surface area (Å²) in [5, 5.41) is 0. The predicted molar refractivity (Wildman–Crippen MR) is 87.1 cm³/mol. The molecule has 0 radical (unpaired) electrons. The fourth-order valence-electron chi connectivity index (χ4n) is 2.94. The molecule has 0 bridgehead atoms. The third-order valence-corrected chi connectivity index (χ3v) is 6.40. The number of hydrogen-bond acceptors (Lipinski definition) is 5. The molecule has 1 aliphatic rings. The van der Waals surface area contributed by atoms with Gasteiger partial charge in [-0.05, 0) is 27.3 Å². The van der Waals surface area contributed by atoms with Gasteiger partial charge in [0.2, 0.25) is 10.0 Å². The Hall–Kier alpha value is -1.38. The third-order valence-electron chi connectivity index (χ3n) is 4.22. The second-order valence-corrected chi connectivity index (χ2v) is 7.51. The minimum atomic E-state index is -3.62. The van der Waals surface area contributed by atoms with Crippen molar-refractivity contribution in [1.29, 1.82) is 0 Å². The molecule has 1 fully saturated rings. The summed E-state index contributed by atoms with van der Waals surface area (Å²) in [5.74, 6) is -0.523. The maximum atomic E-state index is 13.0. The van der Waals surface area contributed by atoms with Crippen molar-refractivity contribution in [3.8, 4) is 0 Å². The molecule has 7 nitrogen and oxygen atoms in total. The van der Waals surface area contributed by atoms with Crippen molar-refractivity contribution in [2.75, 3.05) is 39.3 Å². The Bertz CT molecular complexity index is 673. The highest BCUT2D eigenvalue weighted by atomic mass is 32.2. The molecule has 2 heterocycles. The Morgan fingerprint density at radius 3 is 2.30 bits per heavy atom. The van der Waals surface area contributed by atoms with E-state index in [2.05, 4.69) is 16.8 Å². The van der Waals surface area contributed by atoms with Crippen LogP contribution in [-0.4, -0.2) is 67.9 Å². The number of hydrogen-bond donors (Lipinski definition) is 1. The van der Waals surface area contributed by atoms with Crippen molar-refractivity contribution in [2.24, 2.45) is 0 Å². The summed E-state index contributed by atoms with van der Waals surface area (Å²) < 4.78 is 32.4. The number of nitrogens with one attached hydrogen (secondary N) is 1. The third kappa shape index (κ3) is 3.44. The Labute approximate surface area is 137 Å². The number of aromatic nitrogens is 1. The number of rotatable bonds is 5. The van der Waals surface area contributed by atoms with Crippen molar-refractivity contribution in [2.45, 2.75) is 32.6 Å². The van der Waals surface area contributed by atoms with E-state index in [0.717, 1.165) is 19.6 Å². The van der Waals surface area contributed by atoms with Crippen LogP contribution in [-0.2, 0) is 14.8 Å². The van der Waals surface area contributed by atoms with Crippen LogP contribution in [0.1, 0.15) is 35.6 Å². The van der Waals surface area contributed by atoms with E-state index in [4.69, 9.17) is 4.74 Å². The summed E-state index contributed by atoms with van der Waals surface area (Å²) in [7, 11) is -3.62. The lowest BCUT2D eigenvalue weighted by Crippen LogP contribution is -2.48. The summed E-state index contributed by atoms with van der Waals surface area (Å²) in [6.45, 7) is 10.6. The average molecular weight is 343 g/mol. The zero-order chi connectivity index (χ0) is 17.2. The number of aromatic amines is 1. The first-order valence-corrected chi connectivity index (χ1v) is 9.35. The number of carbonyl (C=O) groups excluding carboxylic acids is 1. The molecule has 130 valence electrons. The van der Waals surface area contributed by atoms with Gasteiger partial charge < -0.3 is 14.6 Å². The lowest BCUT2D eigenvalue weighted by atomic mass is 10.2. The Kier molecular flexibility index (Phi) is 5.49. The Morgan fingerprint density at radius 1 is 1.17 bits per heavy atom. The number of carbonyl (C=O) groups is 1. The predicted octanol–water partition coefficient (Wildman–Crippen LogP) is 1.13. The van der Waals surface area contributed by atoms with Crippen LogP contribution in [0.3, 0.4) is 0 Å². The highest BCUT2D eigenvalue weighted by molar-refractivity contribution is 7.89. The molecule has 0 spiro atoms. The van der Waals surface area contributed by atoms with Crippen molar-refractivity contribution in [3.05, 3.63) is 17.0 Å². The molecule has 0 amide bonds. The van der Waals surface area contributed by atoms with Crippen LogP contribution < -0.4 is 0 Å². The van der Waals surface area contributed by atoms with E-state index in [1.807, 2.05) is 0 Å². The van der Waals surface area contributed by atoms with Crippen LogP contribution >= 0.6 is 0 Å². The molecule has 2 rings (SSSR count). The van der Waals surface area contributed by atoms with E-state index >= 15 is 0 Å². The van der Waals surface area contributed by atoms with Crippen LogP contribution in [0.25, 0.3) is 0 Å². The van der Waals surface area contributed by atoms with E-state index in [-0.39, 0.29) is 17.2 Å². The van der Waals surface area contributed by atoms with Gasteiger partial charge in [0, 0.05) is 37.4 Å². The van der Waals surface area contributed by atoms with E-state index in [1.54, 1.807) is 20.8 Å². The highest BCUT2D eigenvalue weighted by Gasteiger charge is 2.33. The molecule has 1 aliphatic heterocycles. The normalized spacial score (nSPS) is 17.4. The quantitative estimate of drug-likeness (QED) is 0.811. The molecule has 8 heteroatoms. The second-order valence-electron chi connectivity index (χ2n) is 5.64.